The minimum absolute atomic E-state index is 0.188. The summed E-state index contributed by atoms with van der Waals surface area (Å²) >= 11 is 1.58. The molecule has 0 bridgehead atoms. The van der Waals surface area contributed by atoms with Gasteiger partial charge in [0.15, 0.2) is 0 Å². The van der Waals surface area contributed by atoms with Crippen molar-refractivity contribution in [2.45, 2.75) is 6.54 Å². The summed E-state index contributed by atoms with van der Waals surface area (Å²) in [5, 5.41) is 9.28. The van der Waals surface area contributed by atoms with Gasteiger partial charge in [-0.2, -0.15) is 11.3 Å². The fraction of sp³-hybridized carbons (Fsp3) is 0.125. The molecule has 2 aromatic rings. The van der Waals surface area contributed by atoms with Crippen LogP contribution in [0.15, 0.2) is 47.2 Å². The average molecular weight is 316 g/mol. The van der Waals surface area contributed by atoms with Gasteiger partial charge < -0.3 is 15.4 Å². The Morgan fingerprint density at radius 2 is 2.00 bits per heavy atom. The highest BCUT2D eigenvalue weighted by Gasteiger charge is 2.01. The van der Waals surface area contributed by atoms with Crippen molar-refractivity contribution in [1.82, 2.24) is 5.32 Å². The van der Waals surface area contributed by atoms with E-state index in [4.69, 9.17) is 0 Å². The lowest BCUT2D eigenvalue weighted by molar-refractivity contribution is -0.111. The number of amides is 2. The van der Waals surface area contributed by atoms with Gasteiger partial charge in [0.25, 0.3) is 0 Å². The first-order valence-electron chi connectivity index (χ1n) is 6.59. The molecule has 0 saturated heterocycles. The molecule has 22 heavy (non-hydrogen) atoms. The first-order chi connectivity index (χ1) is 10.7. The monoisotopic (exact) mass is 316 g/mol. The predicted octanol–water partition coefficient (Wildman–Crippen LogP) is 3.26. The Bertz CT molecular complexity index is 649. The molecule has 0 saturated carbocycles. The topological polar surface area (TPSA) is 67.4 Å². The van der Waals surface area contributed by atoms with Crippen molar-refractivity contribution >= 4 is 35.1 Å². The van der Waals surface area contributed by atoms with E-state index in [0.29, 0.717) is 12.2 Å². The highest BCUT2D eigenvalue weighted by atomic mass is 32.1. The maximum Gasteiger partial charge on any atom is 0.407 e. The van der Waals surface area contributed by atoms with Crippen LogP contribution >= 0.6 is 11.3 Å². The second kappa shape index (κ2) is 7.99. The SMILES string of the molecule is COC(=O)NCc1ccc(NC(=O)C=Cc2ccsc2)cc1. The Morgan fingerprint density at radius 1 is 1.23 bits per heavy atom. The van der Waals surface area contributed by atoms with Crippen LogP contribution in [0, 0.1) is 0 Å². The van der Waals surface area contributed by atoms with Crippen LogP contribution in [0.25, 0.3) is 6.08 Å². The van der Waals surface area contributed by atoms with E-state index >= 15 is 0 Å². The van der Waals surface area contributed by atoms with Crippen LogP contribution < -0.4 is 10.6 Å². The summed E-state index contributed by atoms with van der Waals surface area (Å²) in [7, 11) is 1.32. The minimum Gasteiger partial charge on any atom is -0.453 e. The van der Waals surface area contributed by atoms with Gasteiger partial charge in [-0.25, -0.2) is 4.79 Å². The molecule has 114 valence electrons. The van der Waals surface area contributed by atoms with Crippen LogP contribution in [0.4, 0.5) is 10.5 Å². The number of alkyl carbamates (subject to hydrolysis) is 1. The molecule has 6 heteroatoms. The highest BCUT2D eigenvalue weighted by molar-refractivity contribution is 7.08. The summed E-state index contributed by atoms with van der Waals surface area (Å²) in [6.07, 6.45) is 2.78. The summed E-state index contributed by atoms with van der Waals surface area (Å²) < 4.78 is 4.49. The molecule has 0 aliphatic rings. The molecule has 2 rings (SSSR count). The molecule has 5 nitrogen and oxygen atoms in total. The average Bonchev–Trinajstić information content (AvgIpc) is 3.05. The largest absolute Gasteiger partial charge is 0.453 e. The van der Waals surface area contributed by atoms with Crippen LogP contribution in [-0.4, -0.2) is 19.1 Å². The fourth-order valence-electron chi connectivity index (χ4n) is 1.68. The number of anilines is 1. The van der Waals surface area contributed by atoms with E-state index in [1.54, 1.807) is 29.5 Å². The first-order valence-corrected chi connectivity index (χ1v) is 7.53. The third kappa shape index (κ3) is 5.06. The number of rotatable bonds is 5. The van der Waals surface area contributed by atoms with Gasteiger partial charge in [0.2, 0.25) is 5.91 Å². The summed E-state index contributed by atoms with van der Waals surface area (Å²) in [5.74, 6) is -0.188. The number of nitrogens with one attached hydrogen (secondary N) is 2. The van der Waals surface area contributed by atoms with Crippen molar-refractivity contribution < 1.29 is 14.3 Å². The van der Waals surface area contributed by atoms with E-state index in [9.17, 15) is 9.59 Å². The van der Waals surface area contributed by atoms with Gasteiger partial charge in [-0.05, 0) is 46.2 Å². The Kier molecular flexibility index (Phi) is 5.73. The van der Waals surface area contributed by atoms with Crippen molar-refractivity contribution in [3.63, 3.8) is 0 Å². The van der Waals surface area contributed by atoms with E-state index in [-0.39, 0.29) is 5.91 Å². The van der Waals surface area contributed by atoms with Crippen LogP contribution in [0.3, 0.4) is 0 Å². The summed E-state index contributed by atoms with van der Waals surface area (Å²) in [5.41, 5.74) is 2.61. The smallest absolute Gasteiger partial charge is 0.407 e. The Labute approximate surface area is 132 Å². The van der Waals surface area contributed by atoms with Crippen molar-refractivity contribution in [2.75, 3.05) is 12.4 Å². The lowest BCUT2D eigenvalue weighted by Crippen LogP contribution is -2.22. The molecule has 0 atom stereocenters. The lowest BCUT2D eigenvalue weighted by Gasteiger charge is -2.06. The predicted molar refractivity (Wildman–Crippen MR) is 87.7 cm³/mol. The molecule has 2 amide bonds. The number of hydrogen-bond donors (Lipinski definition) is 2. The van der Waals surface area contributed by atoms with Crippen molar-refractivity contribution in [2.24, 2.45) is 0 Å². The molecule has 2 N–H and O–H groups in total. The number of methoxy groups -OCH3 is 1. The number of carbonyl (C=O) groups excluding carboxylic acids is 2. The molecule has 0 radical (unpaired) electrons. The lowest BCUT2D eigenvalue weighted by atomic mass is 10.2. The van der Waals surface area contributed by atoms with Crippen molar-refractivity contribution in [3.8, 4) is 0 Å². The summed E-state index contributed by atoms with van der Waals surface area (Å²) in [6.45, 7) is 0.374. The zero-order chi connectivity index (χ0) is 15.8. The second-order valence-electron chi connectivity index (χ2n) is 4.42. The van der Waals surface area contributed by atoms with E-state index in [0.717, 1.165) is 11.1 Å². The maximum atomic E-state index is 11.8. The third-order valence-electron chi connectivity index (χ3n) is 2.81. The van der Waals surface area contributed by atoms with Gasteiger partial charge in [0.1, 0.15) is 0 Å². The number of ether oxygens (including phenoxy) is 1. The number of hydrogen-bond acceptors (Lipinski definition) is 4. The number of benzene rings is 1. The minimum atomic E-state index is -0.476. The number of thiophene rings is 1. The number of carbonyl (C=O) groups is 2. The van der Waals surface area contributed by atoms with Gasteiger partial charge in [-0.1, -0.05) is 12.1 Å². The molecular formula is C16H16N2O3S. The zero-order valence-corrected chi connectivity index (χ0v) is 12.9. The quantitative estimate of drug-likeness (QED) is 0.832. The molecule has 0 spiro atoms. The van der Waals surface area contributed by atoms with E-state index in [2.05, 4.69) is 15.4 Å². The summed E-state index contributed by atoms with van der Waals surface area (Å²) in [4.78, 5) is 22.7. The third-order valence-corrected chi connectivity index (χ3v) is 3.52. The van der Waals surface area contributed by atoms with Gasteiger partial charge in [-0.3, -0.25) is 4.79 Å². The molecule has 1 aromatic carbocycles. The first kappa shape index (κ1) is 15.8. The Morgan fingerprint density at radius 3 is 2.64 bits per heavy atom. The van der Waals surface area contributed by atoms with Crippen molar-refractivity contribution in [3.05, 3.63) is 58.3 Å². The van der Waals surface area contributed by atoms with Gasteiger partial charge in [-0.15, -0.1) is 0 Å². The fourth-order valence-corrected chi connectivity index (χ4v) is 2.31. The highest BCUT2D eigenvalue weighted by Crippen LogP contribution is 2.11. The van der Waals surface area contributed by atoms with E-state index < -0.39 is 6.09 Å². The normalized spacial score (nSPS) is 10.4. The van der Waals surface area contributed by atoms with Gasteiger partial charge in [0, 0.05) is 18.3 Å². The van der Waals surface area contributed by atoms with Crippen LogP contribution in [-0.2, 0) is 16.1 Å². The van der Waals surface area contributed by atoms with Crippen LogP contribution in [0.5, 0.6) is 0 Å². The molecule has 0 aliphatic heterocycles. The molecule has 1 heterocycles. The molecule has 1 aromatic heterocycles. The maximum absolute atomic E-state index is 11.8. The van der Waals surface area contributed by atoms with Crippen LogP contribution in [0.2, 0.25) is 0 Å². The Hall–Kier alpha value is -2.60. The molecule has 0 unspecified atom stereocenters. The van der Waals surface area contributed by atoms with Gasteiger partial charge in [0.05, 0.1) is 7.11 Å². The second-order valence-corrected chi connectivity index (χ2v) is 5.20. The van der Waals surface area contributed by atoms with Crippen LogP contribution in [0.1, 0.15) is 11.1 Å². The summed E-state index contributed by atoms with van der Waals surface area (Å²) in [6, 6.07) is 9.16. The van der Waals surface area contributed by atoms with E-state index in [1.807, 2.05) is 29.0 Å². The van der Waals surface area contributed by atoms with E-state index in [1.165, 1.54) is 13.2 Å². The molecule has 0 aliphatic carbocycles. The zero-order valence-electron chi connectivity index (χ0n) is 12.0. The van der Waals surface area contributed by atoms with Gasteiger partial charge >= 0.3 is 6.09 Å². The molecule has 0 fully saturated rings. The standard InChI is InChI=1S/C16H16N2O3S/c1-21-16(20)17-10-12-2-5-14(6-3-12)18-15(19)7-4-13-8-9-22-11-13/h2-9,11H,10H2,1H3,(H,17,20)(H,18,19). The molecular weight excluding hydrogens is 300 g/mol. The Balaban J connectivity index is 1.85. The van der Waals surface area contributed by atoms with Crippen molar-refractivity contribution in [1.29, 1.82) is 0 Å².